The summed E-state index contributed by atoms with van der Waals surface area (Å²) >= 11 is 3.15. The second-order valence-corrected chi connectivity index (χ2v) is 3.79. The van der Waals surface area contributed by atoms with Crippen molar-refractivity contribution in [3.63, 3.8) is 0 Å². The van der Waals surface area contributed by atoms with Crippen LogP contribution < -0.4 is 5.56 Å². The van der Waals surface area contributed by atoms with E-state index in [4.69, 9.17) is 0 Å². The van der Waals surface area contributed by atoms with Crippen LogP contribution >= 0.6 is 15.9 Å². The summed E-state index contributed by atoms with van der Waals surface area (Å²) in [6.07, 6.45) is 4.95. The quantitative estimate of drug-likeness (QED) is 0.736. The Bertz CT molecular complexity index is 533. The van der Waals surface area contributed by atoms with Gasteiger partial charge in [-0.25, -0.2) is 9.97 Å². The molecule has 0 N–H and O–H groups in total. The van der Waals surface area contributed by atoms with Crippen LogP contribution in [0.15, 0.2) is 40.3 Å². The fraction of sp³-hybridized carbons (Fsp3) is 0.100. The van der Waals surface area contributed by atoms with Crippen molar-refractivity contribution in [3.8, 4) is 11.1 Å². The van der Waals surface area contributed by atoms with E-state index in [-0.39, 0.29) is 5.56 Å². The highest BCUT2D eigenvalue weighted by molar-refractivity contribution is 9.10. The first-order chi connectivity index (χ1) is 7.18. The van der Waals surface area contributed by atoms with Crippen molar-refractivity contribution in [2.45, 2.75) is 0 Å². The van der Waals surface area contributed by atoms with Crippen molar-refractivity contribution in [3.05, 3.63) is 45.8 Å². The van der Waals surface area contributed by atoms with E-state index in [2.05, 4.69) is 25.9 Å². The number of pyridine rings is 1. The molecule has 0 atom stereocenters. The van der Waals surface area contributed by atoms with Crippen LogP contribution in [0, 0.1) is 0 Å². The zero-order valence-corrected chi connectivity index (χ0v) is 9.60. The molecular formula is C10H8BrN3O. The molecule has 0 saturated carbocycles. The van der Waals surface area contributed by atoms with Crippen molar-refractivity contribution < 1.29 is 0 Å². The number of rotatable bonds is 1. The lowest BCUT2D eigenvalue weighted by Crippen LogP contribution is -2.17. The highest BCUT2D eigenvalue weighted by atomic mass is 79.9. The molecule has 0 fully saturated rings. The van der Waals surface area contributed by atoms with Gasteiger partial charge in [-0.15, -0.1) is 0 Å². The molecule has 0 unspecified atom stereocenters. The van der Waals surface area contributed by atoms with Crippen molar-refractivity contribution >= 4 is 15.9 Å². The fourth-order valence-corrected chi connectivity index (χ4v) is 1.47. The van der Waals surface area contributed by atoms with Gasteiger partial charge in [0, 0.05) is 31.2 Å². The maximum atomic E-state index is 11.7. The number of nitrogens with zero attached hydrogens (tertiary/aromatic N) is 3. The minimum Gasteiger partial charge on any atom is -0.318 e. The van der Waals surface area contributed by atoms with Crippen LogP contribution in [-0.2, 0) is 7.05 Å². The van der Waals surface area contributed by atoms with Crippen molar-refractivity contribution in [1.29, 1.82) is 0 Å². The Kier molecular flexibility index (Phi) is 2.64. The first-order valence-corrected chi connectivity index (χ1v) is 5.11. The summed E-state index contributed by atoms with van der Waals surface area (Å²) in [5.74, 6) is 0. The Morgan fingerprint density at radius 3 is 2.67 bits per heavy atom. The molecule has 2 aromatic rings. The molecule has 2 aromatic heterocycles. The first kappa shape index (κ1) is 10.0. The average Bonchev–Trinajstić information content (AvgIpc) is 2.24. The summed E-state index contributed by atoms with van der Waals surface area (Å²) in [6.45, 7) is 0. The van der Waals surface area contributed by atoms with Crippen LogP contribution in [0.3, 0.4) is 0 Å². The lowest BCUT2D eigenvalue weighted by molar-refractivity contribution is 0.862. The Labute approximate surface area is 94.8 Å². The molecule has 0 amide bonds. The number of hydrogen-bond donors (Lipinski definition) is 0. The van der Waals surface area contributed by atoms with Gasteiger partial charge in [0.25, 0.3) is 5.56 Å². The zero-order chi connectivity index (χ0) is 10.8. The molecule has 0 bridgehead atoms. The number of aryl methyl sites for hydroxylation is 1. The maximum Gasteiger partial charge on any atom is 0.258 e. The van der Waals surface area contributed by atoms with E-state index in [1.165, 1.54) is 4.57 Å². The summed E-state index contributed by atoms with van der Waals surface area (Å²) in [5, 5.41) is 0. The predicted octanol–water partition coefficient (Wildman–Crippen LogP) is 1.60. The lowest BCUT2D eigenvalue weighted by Gasteiger charge is -2.02. The Morgan fingerprint density at radius 1 is 1.33 bits per heavy atom. The van der Waals surface area contributed by atoms with E-state index in [1.807, 2.05) is 6.07 Å². The molecule has 0 saturated heterocycles. The van der Waals surface area contributed by atoms with Gasteiger partial charge in [0.15, 0.2) is 4.73 Å². The summed E-state index contributed by atoms with van der Waals surface area (Å²) in [6, 6.07) is 3.58. The van der Waals surface area contributed by atoms with Crippen LogP contribution in [0.2, 0.25) is 0 Å². The number of aromatic nitrogens is 3. The topological polar surface area (TPSA) is 47.8 Å². The predicted molar refractivity (Wildman–Crippen MR) is 60.4 cm³/mol. The number of hydrogen-bond acceptors (Lipinski definition) is 3. The highest BCUT2D eigenvalue weighted by Gasteiger charge is 2.04. The largest absolute Gasteiger partial charge is 0.318 e. The molecule has 0 aliphatic heterocycles. The maximum absolute atomic E-state index is 11.7. The minimum absolute atomic E-state index is 0.0524. The van der Waals surface area contributed by atoms with Crippen LogP contribution in [0.1, 0.15) is 0 Å². The van der Waals surface area contributed by atoms with Gasteiger partial charge < -0.3 is 4.57 Å². The fourth-order valence-electron chi connectivity index (χ4n) is 1.27. The molecule has 0 radical (unpaired) electrons. The van der Waals surface area contributed by atoms with Gasteiger partial charge in [-0.1, -0.05) is 0 Å². The molecule has 2 heterocycles. The molecule has 0 spiro atoms. The van der Waals surface area contributed by atoms with E-state index in [0.717, 1.165) is 5.56 Å². The third kappa shape index (κ3) is 1.97. The molecule has 2 rings (SSSR count). The van der Waals surface area contributed by atoms with Gasteiger partial charge in [0.2, 0.25) is 0 Å². The standard InChI is InChI=1S/C10H8BrN3O/c1-14-4-2-3-8(9(14)15)7-5-12-10(11)13-6-7/h2-6H,1H3. The summed E-state index contributed by atoms with van der Waals surface area (Å²) in [7, 11) is 1.71. The normalized spacial score (nSPS) is 10.3. The molecule has 0 aliphatic carbocycles. The monoisotopic (exact) mass is 265 g/mol. The summed E-state index contributed by atoms with van der Waals surface area (Å²) in [4.78, 5) is 19.7. The van der Waals surface area contributed by atoms with E-state index in [1.54, 1.807) is 31.7 Å². The van der Waals surface area contributed by atoms with Gasteiger partial charge in [-0.2, -0.15) is 0 Å². The SMILES string of the molecule is Cn1cccc(-c2cnc(Br)nc2)c1=O. The smallest absolute Gasteiger partial charge is 0.258 e. The minimum atomic E-state index is -0.0524. The van der Waals surface area contributed by atoms with Gasteiger partial charge >= 0.3 is 0 Å². The first-order valence-electron chi connectivity index (χ1n) is 4.32. The van der Waals surface area contributed by atoms with E-state index < -0.39 is 0 Å². The van der Waals surface area contributed by atoms with Crippen molar-refractivity contribution in [2.24, 2.45) is 7.05 Å². The van der Waals surface area contributed by atoms with Crippen LogP contribution in [0.25, 0.3) is 11.1 Å². The molecule has 0 aliphatic rings. The average molecular weight is 266 g/mol. The summed E-state index contributed by atoms with van der Waals surface area (Å²) in [5.41, 5.74) is 1.27. The molecule has 76 valence electrons. The highest BCUT2D eigenvalue weighted by Crippen LogP contribution is 2.13. The molecule has 5 heteroatoms. The number of halogens is 1. The molecule has 0 aromatic carbocycles. The van der Waals surface area contributed by atoms with Gasteiger partial charge in [0.05, 0.1) is 5.56 Å². The second kappa shape index (κ2) is 3.94. The van der Waals surface area contributed by atoms with Crippen LogP contribution in [0.5, 0.6) is 0 Å². The molecule has 15 heavy (non-hydrogen) atoms. The second-order valence-electron chi connectivity index (χ2n) is 3.08. The van der Waals surface area contributed by atoms with E-state index in [9.17, 15) is 4.79 Å². The lowest BCUT2D eigenvalue weighted by atomic mass is 10.1. The van der Waals surface area contributed by atoms with E-state index in [0.29, 0.717) is 10.3 Å². The Hall–Kier alpha value is -1.49. The molecular weight excluding hydrogens is 258 g/mol. The zero-order valence-electron chi connectivity index (χ0n) is 8.01. The van der Waals surface area contributed by atoms with E-state index >= 15 is 0 Å². The third-order valence-corrected chi connectivity index (χ3v) is 2.46. The Morgan fingerprint density at radius 2 is 2.00 bits per heavy atom. The van der Waals surface area contributed by atoms with Gasteiger partial charge in [0.1, 0.15) is 0 Å². The summed E-state index contributed by atoms with van der Waals surface area (Å²) < 4.78 is 2.04. The van der Waals surface area contributed by atoms with Crippen LogP contribution in [-0.4, -0.2) is 14.5 Å². The van der Waals surface area contributed by atoms with Crippen LogP contribution in [0.4, 0.5) is 0 Å². The van der Waals surface area contributed by atoms with Crippen molar-refractivity contribution in [2.75, 3.05) is 0 Å². The third-order valence-electron chi connectivity index (χ3n) is 2.05. The Balaban J connectivity index is 2.59. The van der Waals surface area contributed by atoms with Gasteiger partial charge in [-0.05, 0) is 28.1 Å². The molecule has 4 nitrogen and oxygen atoms in total. The van der Waals surface area contributed by atoms with Crippen molar-refractivity contribution in [1.82, 2.24) is 14.5 Å². The van der Waals surface area contributed by atoms with Gasteiger partial charge in [-0.3, -0.25) is 4.79 Å².